The number of ether oxygens (including phenoxy) is 1. The van der Waals surface area contributed by atoms with E-state index in [4.69, 9.17) is 10.00 Å². The molecular weight excluding hydrogens is 396 g/mol. The average Bonchev–Trinajstić information content (AvgIpc) is 2.72. The topological polar surface area (TPSA) is 99.5 Å². The van der Waals surface area contributed by atoms with Crippen molar-refractivity contribution in [1.29, 1.82) is 5.26 Å². The van der Waals surface area contributed by atoms with E-state index in [1.165, 1.54) is 30.3 Å². The first-order valence-corrected chi connectivity index (χ1v) is 9.08. The fraction of sp³-hybridized carbons (Fsp3) is 0.238. The second-order valence-corrected chi connectivity index (χ2v) is 6.55. The summed E-state index contributed by atoms with van der Waals surface area (Å²) in [6, 6.07) is 11.0. The maximum atomic E-state index is 14.1. The average molecular weight is 413 g/mol. The van der Waals surface area contributed by atoms with Gasteiger partial charge in [-0.05, 0) is 29.8 Å². The normalized spacial score (nSPS) is 14.8. The van der Waals surface area contributed by atoms with E-state index in [1.807, 2.05) is 6.07 Å². The van der Waals surface area contributed by atoms with Crippen molar-refractivity contribution in [3.63, 3.8) is 0 Å². The second-order valence-electron chi connectivity index (χ2n) is 6.55. The highest BCUT2D eigenvalue weighted by atomic mass is 19.1. The lowest BCUT2D eigenvalue weighted by molar-refractivity contribution is -0.150. The number of hydrogen-bond acceptors (Lipinski definition) is 5. The number of halogens is 2. The number of anilines is 2. The smallest absolute Gasteiger partial charge is 0.314 e. The first-order valence-electron chi connectivity index (χ1n) is 9.08. The molecule has 1 unspecified atom stereocenters. The van der Waals surface area contributed by atoms with Gasteiger partial charge in [0.05, 0.1) is 24.1 Å². The third-order valence-corrected chi connectivity index (χ3v) is 4.57. The van der Waals surface area contributed by atoms with Crippen molar-refractivity contribution in [2.45, 2.75) is 18.8 Å². The fourth-order valence-electron chi connectivity index (χ4n) is 3.17. The molecule has 30 heavy (non-hydrogen) atoms. The number of carbonyl (C=O) groups excluding carboxylic acids is 3. The van der Waals surface area contributed by atoms with Crippen LogP contribution in [0.4, 0.5) is 20.2 Å². The molecule has 7 nitrogen and oxygen atoms in total. The minimum Gasteiger partial charge on any atom is -0.455 e. The van der Waals surface area contributed by atoms with Gasteiger partial charge in [0, 0.05) is 18.7 Å². The van der Waals surface area contributed by atoms with Gasteiger partial charge in [-0.2, -0.15) is 5.26 Å². The van der Waals surface area contributed by atoms with Crippen molar-refractivity contribution in [2.75, 3.05) is 23.4 Å². The molecule has 0 aliphatic carbocycles. The van der Waals surface area contributed by atoms with Gasteiger partial charge in [-0.25, -0.2) is 8.78 Å². The highest BCUT2D eigenvalue weighted by molar-refractivity contribution is 6.01. The molecule has 1 aliphatic rings. The minimum atomic E-state index is -0.997. The van der Waals surface area contributed by atoms with Crippen molar-refractivity contribution in [3.05, 3.63) is 59.7 Å². The molecule has 1 aliphatic heterocycles. The fourth-order valence-corrected chi connectivity index (χ4v) is 3.17. The van der Waals surface area contributed by atoms with Crippen molar-refractivity contribution in [2.24, 2.45) is 0 Å². The molecule has 0 saturated heterocycles. The van der Waals surface area contributed by atoms with Crippen LogP contribution in [0.25, 0.3) is 0 Å². The van der Waals surface area contributed by atoms with Crippen molar-refractivity contribution in [3.8, 4) is 6.07 Å². The summed E-state index contributed by atoms with van der Waals surface area (Å²) in [7, 11) is 0. The molecular formula is C21H17F2N3O4. The zero-order valence-corrected chi connectivity index (χ0v) is 15.7. The van der Waals surface area contributed by atoms with E-state index < -0.39 is 41.9 Å². The van der Waals surface area contributed by atoms with Crippen molar-refractivity contribution < 1.29 is 27.9 Å². The van der Waals surface area contributed by atoms with Gasteiger partial charge in [0.15, 0.2) is 6.61 Å². The maximum absolute atomic E-state index is 14.1. The van der Waals surface area contributed by atoms with Gasteiger partial charge in [0.25, 0.3) is 5.91 Å². The van der Waals surface area contributed by atoms with E-state index in [1.54, 1.807) is 0 Å². The Morgan fingerprint density at radius 3 is 2.73 bits per heavy atom. The number of fused-ring (bicyclic) bond motifs is 1. The summed E-state index contributed by atoms with van der Waals surface area (Å²) in [5.41, 5.74) is 0.511. The van der Waals surface area contributed by atoms with Crippen LogP contribution in [-0.2, 0) is 19.1 Å². The Morgan fingerprint density at radius 2 is 2.00 bits per heavy atom. The van der Waals surface area contributed by atoms with Crippen LogP contribution in [0.3, 0.4) is 0 Å². The molecule has 2 aromatic rings. The van der Waals surface area contributed by atoms with Gasteiger partial charge in [-0.1, -0.05) is 18.2 Å². The predicted octanol–water partition coefficient (Wildman–Crippen LogP) is 2.88. The molecule has 154 valence electrons. The summed E-state index contributed by atoms with van der Waals surface area (Å²) in [5, 5.41) is 11.3. The number of benzene rings is 2. The van der Waals surface area contributed by atoms with Crippen LogP contribution in [-0.4, -0.2) is 30.9 Å². The van der Waals surface area contributed by atoms with Gasteiger partial charge in [-0.15, -0.1) is 0 Å². The van der Waals surface area contributed by atoms with Gasteiger partial charge in [-0.3, -0.25) is 14.4 Å². The zero-order valence-electron chi connectivity index (χ0n) is 15.7. The number of hydrogen-bond donors (Lipinski definition) is 1. The molecule has 0 saturated carbocycles. The van der Waals surface area contributed by atoms with Crippen molar-refractivity contribution in [1.82, 2.24) is 0 Å². The van der Waals surface area contributed by atoms with Crippen LogP contribution in [0.1, 0.15) is 24.3 Å². The van der Waals surface area contributed by atoms with Gasteiger partial charge in [0.2, 0.25) is 5.91 Å². The van der Waals surface area contributed by atoms with Gasteiger partial charge < -0.3 is 15.0 Å². The van der Waals surface area contributed by atoms with E-state index in [0.29, 0.717) is 5.56 Å². The molecule has 2 aromatic carbocycles. The molecule has 0 aromatic heterocycles. The largest absolute Gasteiger partial charge is 0.455 e. The Hall–Kier alpha value is -3.80. The molecule has 9 heteroatoms. The number of para-hydroxylation sites is 1. The number of nitrogens with zero attached hydrogens (tertiary/aromatic N) is 2. The Morgan fingerprint density at radius 1 is 1.23 bits per heavy atom. The predicted molar refractivity (Wildman–Crippen MR) is 102 cm³/mol. The molecule has 3 rings (SSSR count). The maximum Gasteiger partial charge on any atom is 0.314 e. The molecule has 1 atom stereocenters. The second kappa shape index (κ2) is 9.13. The number of carbonyl (C=O) groups is 3. The molecule has 2 amide bonds. The summed E-state index contributed by atoms with van der Waals surface area (Å²) in [6.45, 7) is -0.783. The van der Waals surface area contributed by atoms with Gasteiger partial charge in [0.1, 0.15) is 11.6 Å². The molecule has 1 heterocycles. The lowest BCUT2D eigenvalue weighted by atomic mass is 9.90. The third kappa shape index (κ3) is 4.60. The molecule has 0 fully saturated rings. The van der Waals surface area contributed by atoms with E-state index in [-0.39, 0.29) is 30.8 Å². The molecule has 0 spiro atoms. The third-order valence-electron chi connectivity index (χ3n) is 4.57. The zero-order chi connectivity index (χ0) is 21.7. The Kier molecular flexibility index (Phi) is 6.37. The van der Waals surface area contributed by atoms with Gasteiger partial charge >= 0.3 is 5.97 Å². The highest BCUT2D eigenvalue weighted by Gasteiger charge is 2.33. The number of nitriles is 1. The van der Waals surface area contributed by atoms with Crippen molar-refractivity contribution >= 4 is 29.2 Å². The highest BCUT2D eigenvalue weighted by Crippen LogP contribution is 2.33. The minimum absolute atomic E-state index is 0.0355. The molecule has 0 radical (unpaired) electrons. The van der Waals surface area contributed by atoms with Crippen LogP contribution < -0.4 is 10.2 Å². The first kappa shape index (κ1) is 20.9. The van der Waals surface area contributed by atoms with Crippen LogP contribution in [0.5, 0.6) is 0 Å². The quantitative estimate of drug-likeness (QED) is 0.734. The Bertz CT molecular complexity index is 1040. The number of nitrogens with one attached hydrogen (secondary N) is 1. The number of amides is 2. The van der Waals surface area contributed by atoms with E-state index in [0.717, 1.165) is 17.0 Å². The lowest BCUT2D eigenvalue weighted by Gasteiger charge is -2.25. The number of rotatable bonds is 6. The summed E-state index contributed by atoms with van der Waals surface area (Å²) in [4.78, 5) is 38.0. The van der Waals surface area contributed by atoms with Crippen LogP contribution in [0, 0.1) is 23.0 Å². The van der Waals surface area contributed by atoms with Crippen LogP contribution in [0.2, 0.25) is 0 Å². The Balaban J connectivity index is 1.73. The van der Waals surface area contributed by atoms with Crippen LogP contribution in [0.15, 0.2) is 42.5 Å². The summed E-state index contributed by atoms with van der Waals surface area (Å²) < 4.78 is 32.6. The standard InChI is InChI=1S/C21H17F2N3O4/c22-13-6-7-14-15(11-19(27)25-17(14)10-13)21(29)30-12-20(28)26(9-3-8-24)18-5-2-1-4-16(18)23/h1-2,4-7,10,15H,3,9,11-12H2,(H,25,27). The monoisotopic (exact) mass is 413 g/mol. The summed E-state index contributed by atoms with van der Waals surface area (Å²) >= 11 is 0. The first-order chi connectivity index (χ1) is 14.4. The SMILES string of the molecule is N#CCCN(C(=O)COC(=O)C1CC(=O)Nc2cc(F)ccc21)c1ccccc1F. The lowest BCUT2D eigenvalue weighted by Crippen LogP contribution is -2.37. The van der Waals surface area contributed by atoms with Crippen LogP contribution >= 0.6 is 0 Å². The summed E-state index contributed by atoms with van der Waals surface area (Å²) in [6.07, 6.45) is -0.257. The number of esters is 1. The molecule has 1 N–H and O–H groups in total. The molecule has 0 bridgehead atoms. The summed E-state index contributed by atoms with van der Waals surface area (Å²) in [5.74, 6) is -4.26. The van der Waals surface area contributed by atoms with E-state index >= 15 is 0 Å². The Labute approximate surface area is 170 Å². The van der Waals surface area contributed by atoms with E-state index in [9.17, 15) is 23.2 Å². The van der Waals surface area contributed by atoms with E-state index in [2.05, 4.69) is 5.32 Å².